The highest BCUT2D eigenvalue weighted by molar-refractivity contribution is 5.97. The molecular weight excluding hydrogens is 248 g/mol. The van der Waals surface area contributed by atoms with Gasteiger partial charge in [-0.2, -0.15) is 0 Å². The first-order valence-electron chi connectivity index (χ1n) is 6.09. The van der Waals surface area contributed by atoms with Crippen LogP contribution in [0.15, 0.2) is 18.2 Å². The molecule has 0 aromatic heterocycles. The summed E-state index contributed by atoms with van der Waals surface area (Å²) in [5.41, 5.74) is -0.158. The molecule has 19 heavy (non-hydrogen) atoms. The van der Waals surface area contributed by atoms with E-state index in [0.29, 0.717) is 18.4 Å². The summed E-state index contributed by atoms with van der Waals surface area (Å²) in [7, 11) is 0. The van der Waals surface area contributed by atoms with Gasteiger partial charge in [0.2, 0.25) is 0 Å². The highest BCUT2D eigenvalue weighted by atomic mass is 16.4. The maximum absolute atomic E-state index is 11.6. The van der Waals surface area contributed by atoms with Crippen LogP contribution in [0.4, 0.5) is 10.5 Å². The minimum atomic E-state index is -1.24. The summed E-state index contributed by atoms with van der Waals surface area (Å²) in [6.07, 6.45) is 1.11. The minimum absolute atomic E-state index is 0.0845. The van der Waals surface area contributed by atoms with Crippen molar-refractivity contribution in [2.75, 3.05) is 11.9 Å². The number of carbonyl (C=O) groups is 2. The summed E-state index contributed by atoms with van der Waals surface area (Å²) in [6, 6.07) is 3.73. The Balaban J connectivity index is 1.96. The van der Waals surface area contributed by atoms with Crippen molar-refractivity contribution in [1.29, 1.82) is 0 Å². The second-order valence-corrected chi connectivity index (χ2v) is 4.81. The zero-order chi connectivity index (χ0) is 14.0. The largest absolute Gasteiger partial charge is 0.505 e. The zero-order valence-electron chi connectivity index (χ0n) is 10.5. The molecule has 0 spiro atoms. The van der Waals surface area contributed by atoms with E-state index in [-0.39, 0.29) is 11.3 Å². The average Bonchev–Trinajstić information content (AvgIpc) is 3.05. The van der Waals surface area contributed by atoms with Gasteiger partial charge < -0.3 is 20.8 Å². The maximum atomic E-state index is 11.6. The van der Waals surface area contributed by atoms with Crippen molar-refractivity contribution in [3.63, 3.8) is 0 Å². The van der Waals surface area contributed by atoms with Gasteiger partial charge in [-0.05, 0) is 30.4 Å². The number of urea groups is 1. The van der Waals surface area contributed by atoms with Crippen molar-refractivity contribution in [3.8, 4) is 5.75 Å². The van der Waals surface area contributed by atoms with Gasteiger partial charge in [-0.15, -0.1) is 0 Å². The fraction of sp³-hybridized carbons (Fsp3) is 0.385. The normalized spacial score (nSPS) is 20.7. The van der Waals surface area contributed by atoms with E-state index in [1.165, 1.54) is 18.2 Å². The van der Waals surface area contributed by atoms with Gasteiger partial charge in [-0.1, -0.05) is 13.0 Å². The van der Waals surface area contributed by atoms with Crippen LogP contribution in [0, 0.1) is 11.8 Å². The Bertz CT molecular complexity index is 515. The lowest BCUT2D eigenvalue weighted by Gasteiger charge is -2.10. The molecule has 6 heteroatoms. The molecule has 0 bridgehead atoms. The number of carboxylic acids is 1. The molecule has 1 aliphatic carbocycles. The third-order valence-corrected chi connectivity index (χ3v) is 3.32. The molecule has 1 saturated carbocycles. The van der Waals surface area contributed by atoms with Gasteiger partial charge in [0, 0.05) is 6.54 Å². The quantitative estimate of drug-likeness (QED) is 0.624. The van der Waals surface area contributed by atoms with E-state index in [1.54, 1.807) is 0 Å². The van der Waals surface area contributed by atoms with E-state index in [9.17, 15) is 14.7 Å². The van der Waals surface area contributed by atoms with E-state index in [0.717, 1.165) is 6.42 Å². The van der Waals surface area contributed by atoms with Gasteiger partial charge in [0.1, 0.15) is 5.56 Å². The first-order chi connectivity index (χ1) is 8.99. The summed E-state index contributed by atoms with van der Waals surface area (Å²) in [6.45, 7) is 2.71. The van der Waals surface area contributed by atoms with Crippen LogP contribution in [0.1, 0.15) is 23.7 Å². The number of carbonyl (C=O) groups excluding carboxylic acids is 1. The van der Waals surface area contributed by atoms with E-state index in [4.69, 9.17) is 5.11 Å². The van der Waals surface area contributed by atoms with Crippen LogP contribution in [0.25, 0.3) is 0 Å². The van der Waals surface area contributed by atoms with Crippen LogP contribution in [0.3, 0.4) is 0 Å². The number of amides is 2. The maximum Gasteiger partial charge on any atom is 0.339 e. The minimum Gasteiger partial charge on any atom is -0.505 e. The number of hydrogen-bond donors (Lipinski definition) is 4. The molecule has 0 radical (unpaired) electrons. The van der Waals surface area contributed by atoms with Crippen molar-refractivity contribution < 1.29 is 19.8 Å². The number of aromatic carboxylic acids is 1. The number of phenols is 1. The second kappa shape index (κ2) is 5.17. The first kappa shape index (κ1) is 13.2. The van der Waals surface area contributed by atoms with E-state index < -0.39 is 17.7 Å². The SMILES string of the molecule is CC1CC1CNC(=O)Nc1cccc(C(=O)O)c1O. The monoisotopic (exact) mass is 264 g/mol. The Morgan fingerprint density at radius 1 is 1.42 bits per heavy atom. The lowest BCUT2D eigenvalue weighted by Crippen LogP contribution is -2.30. The molecule has 1 aromatic rings. The zero-order valence-corrected chi connectivity index (χ0v) is 10.5. The summed E-state index contributed by atoms with van der Waals surface area (Å²) < 4.78 is 0. The number of anilines is 1. The van der Waals surface area contributed by atoms with Gasteiger partial charge in [-0.25, -0.2) is 9.59 Å². The number of hydrogen-bond acceptors (Lipinski definition) is 3. The lowest BCUT2D eigenvalue weighted by molar-refractivity contribution is 0.0694. The third-order valence-electron chi connectivity index (χ3n) is 3.32. The summed E-state index contributed by atoms with van der Waals surface area (Å²) in [5.74, 6) is -0.521. The van der Waals surface area contributed by atoms with Crippen molar-refractivity contribution in [3.05, 3.63) is 23.8 Å². The van der Waals surface area contributed by atoms with Crippen molar-refractivity contribution in [2.45, 2.75) is 13.3 Å². The van der Waals surface area contributed by atoms with Crippen molar-refractivity contribution in [2.24, 2.45) is 11.8 Å². The molecule has 0 heterocycles. The molecular formula is C13H16N2O4. The third kappa shape index (κ3) is 3.15. The molecule has 102 valence electrons. The molecule has 0 saturated heterocycles. The Morgan fingerprint density at radius 3 is 2.68 bits per heavy atom. The Morgan fingerprint density at radius 2 is 2.11 bits per heavy atom. The first-order valence-corrected chi connectivity index (χ1v) is 6.09. The van der Waals surface area contributed by atoms with Crippen LogP contribution in [0.2, 0.25) is 0 Å². The van der Waals surface area contributed by atoms with Gasteiger partial charge >= 0.3 is 12.0 Å². The highest BCUT2D eigenvalue weighted by Gasteiger charge is 2.32. The molecule has 2 unspecified atom stereocenters. The summed E-state index contributed by atoms with van der Waals surface area (Å²) >= 11 is 0. The number of para-hydroxylation sites is 1. The van der Waals surface area contributed by atoms with Crippen LogP contribution in [-0.4, -0.2) is 28.8 Å². The molecule has 4 N–H and O–H groups in total. The smallest absolute Gasteiger partial charge is 0.339 e. The summed E-state index contributed by atoms with van der Waals surface area (Å²) in [5, 5.41) is 23.7. The van der Waals surface area contributed by atoms with E-state index in [2.05, 4.69) is 17.6 Å². The Hall–Kier alpha value is -2.24. The van der Waals surface area contributed by atoms with Crippen LogP contribution >= 0.6 is 0 Å². The summed E-state index contributed by atoms with van der Waals surface area (Å²) in [4.78, 5) is 22.4. The molecule has 2 rings (SSSR count). The molecule has 6 nitrogen and oxygen atoms in total. The predicted octanol–water partition coefficient (Wildman–Crippen LogP) is 1.87. The standard InChI is InChI=1S/C13H16N2O4/c1-7-5-8(7)6-14-13(19)15-10-4-2-3-9(11(10)16)12(17)18/h2-4,7-8,16H,5-6H2,1H3,(H,17,18)(H2,14,15,19). The van der Waals surface area contributed by atoms with Gasteiger partial charge in [0.05, 0.1) is 5.69 Å². The molecule has 1 aliphatic rings. The Kier molecular flexibility index (Phi) is 3.59. The van der Waals surface area contributed by atoms with Gasteiger partial charge in [0.15, 0.2) is 5.75 Å². The fourth-order valence-corrected chi connectivity index (χ4v) is 1.89. The topological polar surface area (TPSA) is 98.7 Å². The number of aromatic hydroxyl groups is 1. The second-order valence-electron chi connectivity index (χ2n) is 4.81. The van der Waals surface area contributed by atoms with Crippen molar-refractivity contribution >= 4 is 17.7 Å². The highest BCUT2D eigenvalue weighted by Crippen LogP contribution is 2.36. The Labute approximate surface area is 110 Å². The number of carboxylic acid groups (broad SMARTS) is 1. The van der Waals surface area contributed by atoms with Gasteiger partial charge in [-0.3, -0.25) is 0 Å². The fourth-order valence-electron chi connectivity index (χ4n) is 1.89. The molecule has 2 atom stereocenters. The molecule has 1 fully saturated rings. The van der Waals surface area contributed by atoms with Crippen LogP contribution < -0.4 is 10.6 Å². The average molecular weight is 264 g/mol. The molecule has 0 aliphatic heterocycles. The molecule has 2 amide bonds. The van der Waals surface area contributed by atoms with Gasteiger partial charge in [0.25, 0.3) is 0 Å². The van der Waals surface area contributed by atoms with Crippen molar-refractivity contribution in [1.82, 2.24) is 5.32 Å². The molecule has 1 aromatic carbocycles. The van der Waals surface area contributed by atoms with E-state index >= 15 is 0 Å². The van der Waals surface area contributed by atoms with E-state index in [1.807, 2.05) is 0 Å². The number of rotatable bonds is 4. The number of nitrogens with one attached hydrogen (secondary N) is 2. The number of benzene rings is 1. The van der Waals surface area contributed by atoms with Crippen LogP contribution in [0.5, 0.6) is 5.75 Å². The lowest BCUT2D eigenvalue weighted by atomic mass is 10.1. The van der Waals surface area contributed by atoms with Crippen LogP contribution in [-0.2, 0) is 0 Å². The predicted molar refractivity (Wildman–Crippen MR) is 69.4 cm³/mol.